The Labute approximate surface area is 145 Å². The van der Waals surface area contributed by atoms with Crippen LogP contribution in [0.4, 0.5) is 0 Å². The predicted molar refractivity (Wildman–Crippen MR) is 94.1 cm³/mol. The molecule has 1 unspecified atom stereocenters. The lowest BCUT2D eigenvalue weighted by atomic mass is 9.90. The van der Waals surface area contributed by atoms with Gasteiger partial charge in [0.25, 0.3) is 0 Å². The molecular weight excluding hydrogens is 324 g/mol. The Balaban J connectivity index is 1.43. The van der Waals surface area contributed by atoms with Crippen molar-refractivity contribution in [1.29, 1.82) is 0 Å². The maximum absolute atomic E-state index is 12.2. The molecule has 1 aromatic heterocycles. The average molecular weight is 346 g/mol. The number of carbonyl (C=O) groups is 2. The number of fused-ring (bicyclic) bond motifs is 1. The van der Waals surface area contributed by atoms with Crippen molar-refractivity contribution in [3.63, 3.8) is 0 Å². The summed E-state index contributed by atoms with van der Waals surface area (Å²) in [5, 5.41) is 10.3. The van der Waals surface area contributed by atoms with Gasteiger partial charge in [-0.15, -0.1) is 11.3 Å². The lowest BCUT2D eigenvalue weighted by Gasteiger charge is -2.20. The molecule has 1 amide bonds. The number of aliphatic carboxylic acids is 1. The van der Waals surface area contributed by atoms with Crippen molar-refractivity contribution in [3.05, 3.63) is 29.3 Å². The van der Waals surface area contributed by atoms with E-state index >= 15 is 0 Å². The number of carbonyl (C=O) groups excluding carboxylic acids is 1. The van der Waals surface area contributed by atoms with Crippen LogP contribution in [0.25, 0.3) is 10.2 Å². The van der Waals surface area contributed by atoms with Crippen molar-refractivity contribution in [2.45, 2.75) is 39.0 Å². The molecule has 24 heavy (non-hydrogen) atoms. The van der Waals surface area contributed by atoms with Crippen LogP contribution >= 0.6 is 11.3 Å². The number of nitrogens with zero attached hydrogens (tertiary/aromatic N) is 2. The fourth-order valence-corrected chi connectivity index (χ4v) is 4.10. The monoisotopic (exact) mass is 346 g/mol. The van der Waals surface area contributed by atoms with Crippen LogP contribution in [-0.4, -0.2) is 40.0 Å². The third-order valence-electron chi connectivity index (χ3n) is 4.71. The van der Waals surface area contributed by atoms with E-state index in [1.54, 1.807) is 23.2 Å². The fraction of sp³-hybridized carbons (Fsp3) is 0.500. The zero-order chi connectivity index (χ0) is 17.2. The molecular formula is C18H22N2O3S. The first-order valence-electron chi connectivity index (χ1n) is 8.33. The Morgan fingerprint density at radius 1 is 1.33 bits per heavy atom. The van der Waals surface area contributed by atoms with Gasteiger partial charge in [-0.25, -0.2) is 4.98 Å². The molecule has 0 bridgehead atoms. The van der Waals surface area contributed by atoms with E-state index in [-0.39, 0.29) is 5.91 Å². The zero-order valence-electron chi connectivity index (χ0n) is 13.8. The normalized spacial score (nSPS) is 20.6. The predicted octanol–water partition coefficient (Wildman–Crippen LogP) is 3.33. The number of aryl methyl sites for hydroxylation is 1. The van der Waals surface area contributed by atoms with Crippen LogP contribution in [-0.2, 0) is 16.0 Å². The van der Waals surface area contributed by atoms with Crippen molar-refractivity contribution in [3.8, 4) is 0 Å². The molecule has 1 aliphatic rings. The summed E-state index contributed by atoms with van der Waals surface area (Å²) in [6, 6.07) is 8.11. The van der Waals surface area contributed by atoms with Crippen LogP contribution in [0, 0.1) is 5.41 Å². The second kappa shape index (κ2) is 6.89. The number of carboxylic acid groups (broad SMARTS) is 1. The molecule has 1 N–H and O–H groups in total. The molecule has 3 rings (SSSR count). The molecule has 1 aromatic carbocycles. The van der Waals surface area contributed by atoms with Gasteiger partial charge in [0.05, 0.1) is 20.6 Å². The molecule has 1 aliphatic heterocycles. The SMILES string of the molecule is CC1(C(=O)O)CCN(C(=O)CCCCc2nc3ccccc3s2)C1. The minimum atomic E-state index is -0.811. The van der Waals surface area contributed by atoms with Crippen LogP contribution in [0.5, 0.6) is 0 Å². The number of thiazole rings is 1. The van der Waals surface area contributed by atoms with Gasteiger partial charge in [0, 0.05) is 19.5 Å². The smallest absolute Gasteiger partial charge is 0.311 e. The molecule has 6 heteroatoms. The maximum atomic E-state index is 12.2. The second-order valence-corrected chi connectivity index (χ2v) is 7.83. The Morgan fingerprint density at radius 3 is 2.83 bits per heavy atom. The van der Waals surface area contributed by atoms with Gasteiger partial charge in [0.1, 0.15) is 0 Å². The van der Waals surface area contributed by atoms with Gasteiger partial charge in [-0.2, -0.15) is 0 Å². The summed E-state index contributed by atoms with van der Waals surface area (Å²) in [6.07, 6.45) is 3.66. The van der Waals surface area contributed by atoms with E-state index in [4.69, 9.17) is 0 Å². The van der Waals surface area contributed by atoms with Crippen molar-refractivity contribution in [2.24, 2.45) is 5.41 Å². The first kappa shape index (κ1) is 16.9. The Bertz CT molecular complexity index is 725. The topological polar surface area (TPSA) is 70.5 Å². The zero-order valence-corrected chi connectivity index (χ0v) is 14.6. The number of benzene rings is 1. The summed E-state index contributed by atoms with van der Waals surface area (Å²) in [5.74, 6) is -0.738. The highest BCUT2D eigenvalue weighted by molar-refractivity contribution is 7.18. The molecule has 5 nitrogen and oxygen atoms in total. The van der Waals surface area contributed by atoms with Gasteiger partial charge in [0.15, 0.2) is 0 Å². The molecule has 128 valence electrons. The van der Waals surface area contributed by atoms with E-state index in [2.05, 4.69) is 11.1 Å². The Kier molecular flexibility index (Phi) is 4.85. The molecule has 1 fully saturated rings. The van der Waals surface area contributed by atoms with Gasteiger partial charge in [-0.05, 0) is 44.7 Å². The second-order valence-electron chi connectivity index (χ2n) is 6.71. The lowest BCUT2D eigenvalue weighted by Crippen LogP contribution is -2.34. The van der Waals surface area contributed by atoms with E-state index in [0.29, 0.717) is 25.9 Å². The van der Waals surface area contributed by atoms with Gasteiger partial charge in [-0.3, -0.25) is 9.59 Å². The van der Waals surface area contributed by atoms with Crippen LogP contribution < -0.4 is 0 Å². The first-order valence-corrected chi connectivity index (χ1v) is 9.15. The summed E-state index contributed by atoms with van der Waals surface area (Å²) in [5.41, 5.74) is 0.259. The lowest BCUT2D eigenvalue weighted by molar-refractivity contribution is -0.147. The number of hydrogen-bond acceptors (Lipinski definition) is 4. The van der Waals surface area contributed by atoms with E-state index in [0.717, 1.165) is 29.8 Å². The first-order chi connectivity index (χ1) is 11.5. The minimum Gasteiger partial charge on any atom is -0.481 e. The molecule has 1 saturated heterocycles. The van der Waals surface area contributed by atoms with Crippen LogP contribution in [0.2, 0.25) is 0 Å². The molecule has 1 atom stereocenters. The number of likely N-dealkylation sites (tertiary alicyclic amines) is 1. The largest absolute Gasteiger partial charge is 0.481 e. The number of carboxylic acids is 1. The number of para-hydroxylation sites is 1. The Morgan fingerprint density at radius 2 is 2.12 bits per heavy atom. The van der Waals surface area contributed by atoms with Gasteiger partial charge >= 0.3 is 5.97 Å². The van der Waals surface area contributed by atoms with Gasteiger partial charge in [-0.1, -0.05) is 12.1 Å². The van der Waals surface area contributed by atoms with E-state index in [9.17, 15) is 14.7 Å². The van der Waals surface area contributed by atoms with E-state index in [1.165, 1.54) is 4.70 Å². The van der Waals surface area contributed by atoms with Crippen LogP contribution in [0.1, 0.15) is 37.6 Å². The summed E-state index contributed by atoms with van der Waals surface area (Å²) in [4.78, 5) is 29.8. The fourth-order valence-electron chi connectivity index (χ4n) is 3.09. The standard InChI is InChI=1S/C18H22N2O3S/c1-18(17(22)23)10-11-20(12-18)16(21)9-5-4-8-15-19-13-6-2-3-7-14(13)24-15/h2-3,6-7H,4-5,8-12H2,1H3,(H,22,23). The number of aromatic nitrogens is 1. The third kappa shape index (κ3) is 3.59. The number of unbranched alkanes of at least 4 members (excludes halogenated alkanes) is 1. The number of amides is 1. The molecule has 0 spiro atoms. The van der Waals surface area contributed by atoms with Gasteiger partial charge in [0.2, 0.25) is 5.91 Å². The molecule has 2 aromatic rings. The highest BCUT2D eigenvalue weighted by Gasteiger charge is 2.41. The highest BCUT2D eigenvalue weighted by atomic mass is 32.1. The van der Waals surface area contributed by atoms with Crippen LogP contribution in [0.15, 0.2) is 24.3 Å². The van der Waals surface area contributed by atoms with E-state index < -0.39 is 11.4 Å². The number of hydrogen-bond donors (Lipinski definition) is 1. The molecule has 0 radical (unpaired) electrons. The van der Waals surface area contributed by atoms with Crippen molar-refractivity contribution >= 4 is 33.4 Å². The highest BCUT2D eigenvalue weighted by Crippen LogP contribution is 2.30. The quantitative estimate of drug-likeness (QED) is 0.815. The van der Waals surface area contributed by atoms with Crippen LogP contribution in [0.3, 0.4) is 0 Å². The summed E-state index contributed by atoms with van der Waals surface area (Å²) in [6.45, 7) is 2.61. The van der Waals surface area contributed by atoms with Crippen molar-refractivity contribution in [2.75, 3.05) is 13.1 Å². The number of rotatable bonds is 6. The molecule has 0 saturated carbocycles. The average Bonchev–Trinajstić information content (AvgIpc) is 3.15. The molecule has 2 heterocycles. The van der Waals surface area contributed by atoms with Crippen molar-refractivity contribution in [1.82, 2.24) is 9.88 Å². The summed E-state index contributed by atoms with van der Waals surface area (Å²) in [7, 11) is 0. The van der Waals surface area contributed by atoms with Crippen molar-refractivity contribution < 1.29 is 14.7 Å². The van der Waals surface area contributed by atoms with E-state index in [1.807, 2.05) is 18.2 Å². The molecule has 0 aliphatic carbocycles. The third-order valence-corrected chi connectivity index (χ3v) is 5.81. The minimum absolute atomic E-state index is 0.0734. The maximum Gasteiger partial charge on any atom is 0.311 e. The Hall–Kier alpha value is -1.95. The van der Waals surface area contributed by atoms with Gasteiger partial charge < -0.3 is 10.0 Å². The summed E-state index contributed by atoms with van der Waals surface area (Å²) < 4.78 is 1.20. The summed E-state index contributed by atoms with van der Waals surface area (Å²) >= 11 is 1.71.